The molecule has 1 atom stereocenters. The molecule has 0 spiro atoms. The SMILES string of the molecule is O=C(CSc1n[nH]c(=O)n1CC1CCCO1)Nc1ccc(Cl)cn1. The number of carbonyl (C=O) groups is 1. The second-order valence-corrected chi connectivity index (χ2v) is 6.63. The molecular formula is C14H16ClN5O3S. The van der Waals surface area contributed by atoms with Crippen molar-refractivity contribution in [1.29, 1.82) is 0 Å². The predicted octanol–water partition coefficient (Wildman–Crippen LogP) is 1.53. The molecule has 0 bridgehead atoms. The largest absolute Gasteiger partial charge is 0.376 e. The van der Waals surface area contributed by atoms with Crippen LogP contribution in [0.4, 0.5) is 5.82 Å². The summed E-state index contributed by atoms with van der Waals surface area (Å²) >= 11 is 6.93. The summed E-state index contributed by atoms with van der Waals surface area (Å²) in [5.74, 6) is 0.290. The number of nitrogens with zero attached hydrogens (tertiary/aromatic N) is 3. The summed E-state index contributed by atoms with van der Waals surface area (Å²) in [6.07, 6.45) is 3.39. The van der Waals surface area contributed by atoms with Gasteiger partial charge in [0.15, 0.2) is 5.16 Å². The highest BCUT2D eigenvalue weighted by Crippen LogP contribution is 2.18. The number of H-pyrrole nitrogens is 1. The highest BCUT2D eigenvalue weighted by Gasteiger charge is 2.20. The zero-order chi connectivity index (χ0) is 16.9. The number of hydrogen-bond acceptors (Lipinski definition) is 6. The number of nitrogens with one attached hydrogen (secondary N) is 2. The number of carbonyl (C=O) groups excluding carboxylic acids is 1. The number of amides is 1. The molecule has 1 saturated heterocycles. The van der Waals surface area contributed by atoms with Crippen molar-refractivity contribution in [2.45, 2.75) is 30.6 Å². The van der Waals surface area contributed by atoms with E-state index in [9.17, 15) is 9.59 Å². The van der Waals surface area contributed by atoms with Gasteiger partial charge in [-0.2, -0.15) is 0 Å². The number of aromatic nitrogens is 4. The molecule has 10 heteroatoms. The first-order chi connectivity index (χ1) is 11.6. The van der Waals surface area contributed by atoms with Crippen LogP contribution in [0.5, 0.6) is 0 Å². The summed E-state index contributed by atoms with van der Waals surface area (Å²) < 4.78 is 7.05. The Bertz CT molecular complexity index is 755. The number of anilines is 1. The van der Waals surface area contributed by atoms with E-state index in [0.29, 0.717) is 22.5 Å². The van der Waals surface area contributed by atoms with E-state index < -0.39 is 0 Å². The molecule has 1 unspecified atom stereocenters. The number of ether oxygens (including phenoxy) is 1. The number of rotatable bonds is 6. The molecule has 1 aliphatic rings. The van der Waals surface area contributed by atoms with Crippen LogP contribution in [0.1, 0.15) is 12.8 Å². The number of aromatic amines is 1. The smallest absolute Gasteiger partial charge is 0.344 e. The van der Waals surface area contributed by atoms with Gasteiger partial charge < -0.3 is 10.1 Å². The van der Waals surface area contributed by atoms with Crippen molar-refractivity contribution >= 4 is 35.1 Å². The van der Waals surface area contributed by atoms with Crippen LogP contribution in [0.25, 0.3) is 0 Å². The maximum atomic E-state index is 12.0. The topological polar surface area (TPSA) is 102 Å². The molecule has 8 nitrogen and oxygen atoms in total. The van der Waals surface area contributed by atoms with Crippen LogP contribution in [0.15, 0.2) is 28.3 Å². The van der Waals surface area contributed by atoms with E-state index in [1.165, 1.54) is 22.5 Å². The molecule has 2 N–H and O–H groups in total. The third kappa shape index (κ3) is 4.37. The number of pyridine rings is 1. The molecule has 0 aromatic carbocycles. The molecule has 0 radical (unpaired) electrons. The number of halogens is 1. The Morgan fingerprint density at radius 1 is 1.54 bits per heavy atom. The highest BCUT2D eigenvalue weighted by atomic mass is 35.5. The zero-order valence-electron chi connectivity index (χ0n) is 12.7. The molecule has 2 aromatic rings. The lowest BCUT2D eigenvalue weighted by Crippen LogP contribution is -2.25. The molecule has 0 saturated carbocycles. The van der Waals surface area contributed by atoms with Gasteiger partial charge in [-0.15, -0.1) is 5.10 Å². The van der Waals surface area contributed by atoms with Crippen LogP contribution < -0.4 is 11.0 Å². The van der Waals surface area contributed by atoms with Crippen LogP contribution in [-0.4, -0.2) is 44.1 Å². The van der Waals surface area contributed by atoms with E-state index in [1.807, 2.05) is 0 Å². The molecule has 0 aliphatic carbocycles. The van der Waals surface area contributed by atoms with Crippen molar-refractivity contribution < 1.29 is 9.53 Å². The van der Waals surface area contributed by atoms with Gasteiger partial charge in [0.2, 0.25) is 5.91 Å². The summed E-state index contributed by atoms with van der Waals surface area (Å²) in [6.45, 7) is 1.16. The molecule has 1 fully saturated rings. The quantitative estimate of drug-likeness (QED) is 0.749. The molecule has 3 heterocycles. The van der Waals surface area contributed by atoms with Crippen LogP contribution in [0, 0.1) is 0 Å². The molecule has 2 aromatic heterocycles. The number of thioether (sulfide) groups is 1. The lowest BCUT2D eigenvalue weighted by molar-refractivity contribution is -0.113. The predicted molar refractivity (Wildman–Crippen MR) is 90.4 cm³/mol. The summed E-state index contributed by atoms with van der Waals surface area (Å²) in [5.41, 5.74) is -0.298. The maximum Gasteiger partial charge on any atom is 0.344 e. The summed E-state index contributed by atoms with van der Waals surface area (Å²) in [6, 6.07) is 3.26. The normalized spacial score (nSPS) is 17.1. The van der Waals surface area contributed by atoms with Gasteiger partial charge in [0, 0.05) is 12.8 Å². The highest BCUT2D eigenvalue weighted by molar-refractivity contribution is 7.99. The fourth-order valence-corrected chi connectivity index (χ4v) is 3.19. The van der Waals surface area contributed by atoms with Gasteiger partial charge in [-0.1, -0.05) is 23.4 Å². The van der Waals surface area contributed by atoms with Crippen molar-refractivity contribution in [3.8, 4) is 0 Å². The molecule has 1 amide bonds. The van der Waals surface area contributed by atoms with E-state index in [2.05, 4.69) is 20.5 Å². The van der Waals surface area contributed by atoms with Crippen molar-refractivity contribution in [3.05, 3.63) is 33.8 Å². The Balaban J connectivity index is 1.57. The van der Waals surface area contributed by atoms with Crippen LogP contribution in [-0.2, 0) is 16.1 Å². The van der Waals surface area contributed by atoms with E-state index in [1.54, 1.807) is 12.1 Å². The monoisotopic (exact) mass is 369 g/mol. The second kappa shape index (κ2) is 7.82. The fourth-order valence-electron chi connectivity index (χ4n) is 2.33. The minimum atomic E-state index is -0.298. The maximum absolute atomic E-state index is 12.0. The molecule has 3 rings (SSSR count). The first-order valence-electron chi connectivity index (χ1n) is 7.43. The van der Waals surface area contributed by atoms with Gasteiger partial charge in [0.05, 0.1) is 23.4 Å². The van der Waals surface area contributed by atoms with Crippen molar-refractivity contribution in [2.24, 2.45) is 0 Å². The van der Waals surface area contributed by atoms with Crippen molar-refractivity contribution in [1.82, 2.24) is 19.7 Å². The van der Waals surface area contributed by atoms with Crippen LogP contribution in [0.2, 0.25) is 5.02 Å². The fraction of sp³-hybridized carbons (Fsp3) is 0.429. The first kappa shape index (κ1) is 17.0. The molecule has 1 aliphatic heterocycles. The van der Waals surface area contributed by atoms with E-state index in [4.69, 9.17) is 16.3 Å². The Labute approximate surface area is 146 Å². The van der Waals surface area contributed by atoms with Gasteiger partial charge in [0.25, 0.3) is 0 Å². The van der Waals surface area contributed by atoms with Crippen molar-refractivity contribution in [3.63, 3.8) is 0 Å². The molecule has 128 valence electrons. The first-order valence-corrected chi connectivity index (χ1v) is 8.79. The van der Waals surface area contributed by atoms with Crippen LogP contribution >= 0.6 is 23.4 Å². The third-order valence-corrected chi connectivity index (χ3v) is 4.66. The van der Waals surface area contributed by atoms with E-state index in [0.717, 1.165) is 19.4 Å². The lowest BCUT2D eigenvalue weighted by Gasteiger charge is -2.10. The minimum Gasteiger partial charge on any atom is -0.376 e. The third-order valence-electron chi connectivity index (χ3n) is 3.46. The van der Waals surface area contributed by atoms with Gasteiger partial charge in [-0.3, -0.25) is 9.36 Å². The summed E-state index contributed by atoms with van der Waals surface area (Å²) in [7, 11) is 0. The Morgan fingerprint density at radius 2 is 2.42 bits per heavy atom. The van der Waals surface area contributed by atoms with Gasteiger partial charge in [-0.25, -0.2) is 14.9 Å². The van der Waals surface area contributed by atoms with Crippen LogP contribution in [0.3, 0.4) is 0 Å². The van der Waals surface area contributed by atoms with Gasteiger partial charge in [-0.05, 0) is 25.0 Å². The average Bonchev–Trinajstić information content (AvgIpc) is 3.19. The van der Waals surface area contributed by atoms with Gasteiger partial charge >= 0.3 is 5.69 Å². The minimum absolute atomic E-state index is 0.0201. The molecule has 24 heavy (non-hydrogen) atoms. The number of hydrogen-bond donors (Lipinski definition) is 2. The van der Waals surface area contributed by atoms with Gasteiger partial charge in [0.1, 0.15) is 5.82 Å². The van der Waals surface area contributed by atoms with E-state index >= 15 is 0 Å². The second-order valence-electron chi connectivity index (χ2n) is 5.26. The summed E-state index contributed by atoms with van der Waals surface area (Å²) in [4.78, 5) is 27.8. The standard InChI is InChI=1S/C14H16ClN5O3S/c15-9-3-4-11(16-6-9)17-12(21)8-24-14-19-18-13(22)20(14)7-10-2-1-5-23-10/h3-4,6,10H,1-2,5,7-8H2,(H,18,22)(H,16,17,21). The van der Waals surface area contributed by atoms with E-state index in [-0.39, 0.29) is 23.5 Å². The average molecular weight is 370 g/mol. The Kier molecular flexibility index (Phi) is 5.54. The zero-order valence-corrected chi connectivity index (χ0v) is 14.3. The Hall–Kier alpha value is -1.84. The molecular weight excluding hydrogens is 354 g/mol. The lowest BCUT2D eigenvalue weighted by atomic mass is 10.2. The summed E-state index contributed by atoms with van der Waals surface area (Å²) in [5, 5.41) is 10.0. The van der Waals surface area contributed by atoms with Crippen molar-refractivity contribution in [2.75, 3.05) is 17.7 Å². The Morgan fingerprint density at radius 3 is 3.12 bits per heavy atom.